The summed E-state index contributed by atoms with van der Waals surface area (Å²) >= 11 is 0. The Morgan fingerprint density at radius 2 is 1.68 bits per heavy atom. The molecule has 2 atom stereocenters. The molecule has 0 aromatic heterocycles. The minimum atomic E-state index is -0.646. The van der Waals surface area contributed by atoms with E-state index in [0.717, 1.165) is 30.6 Å². The molecule has 1 saturated heterocycles. The number of amides is 3. The Bertz CT molecular complexity index is 740. The van der Waals surface area contributed by atoms with Gasteiger partial charge in [-0.05, 0) is 30.5 Å². The van der Waals surface area contributed by atoms with Crippen LogP contribution in [-0.2, 0) is 30.5 Å². The number of nitrogens with one attached hydrogen (secondary N) is 1. The van der Waals surface area contributed by atoms with Gasteiger partial charge in [-0.2, -0.15) is 0 Å². The Kier molecular flexibility index (Phi) is 6.38. The molecule has 3 rings (SSSR count). The molecule has 1 saturated carbocycles. The Balaban J connectivity index is 1.37. The number of carbonyl (C=O) groups excluding carboxylic acids is 4. The summed E-state index contributed by atoms with van der Waals surface area (Å²) in [5.41, 5.74) is 0.716. The van der Waals surface area contributed by atoms with Crippen LogP contribution >= 0.6 is 0 Å². The van der Waals surface area contributed by atoms with E-state index in [-0.39, 0.29) is 49.0 Å². The molecule has 150 valence electrons. The normalized spacial score (nSPS) is 21.4. The molecule has 1 N–H and O–H groups in total. The molecule has 1 aromatic rings. The smallest absolute Gasteiger partial charge is 0.308 e. The highest BCUT2D eigenvalue weighted by atomic mass is 19.1. The van der Waals surface area contributed by atoms with Crippen molar-refractivity contribution < 1.29 is 28.3 Å². The lowest BCUT2D eigenvalue weighted by Crippen LogP contribution is -2.34. The summed E-state index contributed by atoms with van der Waals surface area (Å²) in [4.78, 5) is 49.4. The van der Waals surface area contributed by atoms with Gasteiger partial charge in [0.1, 0.15) is 5.82 Å². The van der Waals surface area contributed by atoms with Crippen molar-refractivity contribution in [1.82, 2.24) is 10.2 Å². The molecule has 0 radical (unpaired) electrons. The van der Waals surface area contributed by atoms with Crippen LogP contribution < -0.4 is 5.32 Å². The van der Waals surface area contributed by atoms with Crippen molar-refractivity contribution in [3.8, 4) is 0 Å². The summed E-state index contributed by atoms with van der Waals surface area (Å²) in [6, 6.07) is 5.67. The molecular weight excluding hydrogens is 367 g/mol. The lowest BCUT2D eigenvalue weighted by Gasteiger charge is -2.19. The van der Waals surface area contributed by atoms with Gasteiger partial charge < -0.3 is 10.1 Å². The van der Waals surface area contributed by atoms with Crippen molar-refractivity contribution in [2.45, 2.75) is 38.6 Å². The van der Waals surface area contributed by atoms with E-state index in [1.807, 2.05) is 0 Å². The number of benzene rings is 1. The topological polar surface area (TPSA) is 92.8 Å². The Hall–Kier alpha value is -2.77. The van der Waals surface area contributed by atoms with Crippen LogP contribution in [0.5, 0.6) is 0 Å². The van der Waals surface area contributed by atoms with Crippen molar-refractivity contribution in [3.63, 3.8) is 0 Å². The molecule has 0 bridgehead atoms. The van der Waals surface area contributed by atoms with E-state index in [2.05, 4.69) is 5.32 Å². The van der Waals surface area contributed by atoms with Crippen LogP contribution in [0.4, 0.5) is 4.39 Å². The van der Waals surface area contributed by atoms with Crippen LogP contribution in [0, 0.1) is 17.7 Å². The maximum atomic E-state index is 12.8. The highest BCUT2D eigenvalue weighted by Gasteiger charge is 2.47. The van der Waals surface area contributed by atoms with Gasteiger partial charge in [0.15, 0.2) is 6.61 Å². The highest BCUT2D eigenvalue weighted by molar-refractivity contribution is 6.05. The van der Waals surface area contributed by atoms with E-state index in [0.29, 0.717) is 5.56 Å². The highest BCUT2D eigenvalue weighted by Crippen LogP contribution is 2.37. The molecule has 0 unspecified atom stereocenters. The molecule has 2 fully saturated rings. The van der Waals surface area contributed by atoms with Gasteiger partial charge in [-0.25, -0.2) is 4.39 Å². The molecule has 28 heavy (non-hydrogen) atoms. The van der Waals surface area contributed by atoms with Gasteiger partial charge in [0.2, 0.25) is 11.8 Å². The van der Waals surface area contributed by atoms with Gasteiger partial charge in [-0.1, -0.05) is 25.0 Å². The fraction of sp³-hybridized carbons (Fsp3) is 0.500. The zero-order valence-electron chi connectivity index (χ0n) is 15.5. The van der Waals surface area contributed by atoms with Gasteiger partial charge in [-0.15, -0.1) is 0 Å². The zero-order valence-corrected chi connectivity index (χ0v) is 15.5. The number of ether oxygens (including phenoxy) is 1. The van der Waals surface area contributed by atoms with E-state index in [1.54, 1.807) is 12.1 Å². The SMILES string of the molecule is O=C(COC(=O)CCN1C(=O)[C@H]2CCCC[C@@H]2C1=O)NCc1ccc(F)cc1. The van der Waals surface area contributed by atoms with Crippen molar-refractivity contribution in [3.05, 3.63) is 35.6 Å². The first kappa shape index (κ1) is 20.0. The molecule has 7 nitrogen and oxygen atoms in total. The number of imide groups is 1. The third-order valence-electron chi connectivity index (χ3n) is 5.24. The molecule has 1 aliphatic heterocycles. The fourth-order valence-electron chi connectivity index (χ4n) is 3.73. The third-order valence-corrected chi connectivity index (χ3v) is 5.24. The molecule has 1 heterocycles. The minimum Gasteiger partial charge on any atom is -0.456 e. The summed E-state index contributed by atoms with van der Waals surface area (Å²) in [5.74, 6) is -2.37. The van der Waals surface area contributed by atoms with Crippen molar-refractivity contribution in [2.24, 2.45) is 11.8 Å². The van der Waals surface area contributed by atoms with Gasteiger partial charge in [0.25, 0.3) is 5.91 Å². The predicted octanol–water partition coefficient (Wildman–Crippen LogP) is 1.55. The second-order valence-electron chi connectivity index (χ2n) is 7.14. The quantitative estimate of drug-likeness (QED) is 0.563. The number of carbonyl (C=O) groups is 4. The Morgan fingerprint density at radius 1 is 1.07 bits per heavy atom. The van der Waals surface area contributed by atoms with E-state index >= 15 is 0 Å². The van der Waals surface area contributed by atoms with Crippen LogP contribution in [0.2, 0.25) is 0 Å². The molecule has 1 aliphatic carbocycles. The molecule has 0 spiro atoms. The van der Waals surface area contributed by atoms with Crippen LogP contribution in [-0.4, -0.2) is 41.7 Å². The van der Waals surface area contributed by atoms with Crippen LogP contribution in [0.15, 0.2) is 24.3 Å². The summed E-state index contributed by atoms with van der Waals surface area (Å²) in [6.45, 7) is -0.274. The van der Waals surface area contributed by atoms with Crippen molar-refractivity contribution in [2.75, 3.05) is 13.2 Å². The molecular formula is C20H23FN2O5. The third kappa shape index (κ3) is 4.74. The van der Waals surface area contributed by atoms with Crippen LogP contribution in [0.25, 0.3) is 0 Å². The number of hydrogen-bond acceptors (Lipinski definition) is 5. The first-order chi connectivity index (χ1) is 13.5. The molecule has 8 heteroatoms. The van der Waals surface area contributed by atoms with E-state index in [9.17, 15) is 23.6 Å². The summed E-state index contributed by atoms with van der Waals surface area (Å²) in [7, 11) is 0. The maximum absolute atomic E-state index is 12.8. The number of fused-ring (bicyclic) bond motifs is 1. The van der Waals surface area contributed by atoms with E-state index in [4.69, 9.17) is 4.74 Å². The zero-order chi connectivity index (χ0) is 20.1. The van der Waals surface area contributed by atoms with Gasteiger partial charge in [-0.3, -0.25) is 24.1 Å². The van der Waals surface area contributed by atoms with Gasteiger partial charge in [0, 0.05) is 13.1 Å². The average molecular weight is 390 g/mol. The number of nitrogens with zero attached hydrogens (tertiary/aromatic N) is 1. The summed E-state index contributed by atoms with van der Waals surface area (Å²) in [5, 5.41) is 2.56. The lowest BCUT2D eigenvalue weighted by atomic mass is 9.81. The number of hydrogen-bond donors (Lipinski definition) is 1. The largest absolute Gasteiger partial charge is 0.456 e. The standard InChI is InChI=1S/C20H23FN2O5/c21-14-7-5-13(6-8-14)11-22-17(24)12-28-18(25)9-10-23-19(26)15-3-1-2-4-16(15)20(23)27/h5-8,15-16H,1-4,9-12H2,(H,22,24)/t15-,16-/m0/s1. The summed E-state index contributed by atoms with van der Waals surface area (Å²) < 4.78 is 17.7. The average Bonchev–Trinajstić information content (AvgIpc) is 2.95. The van der Waals surface area contributed by atoms with Gasteiger partial charge >= 0.3 is 5.97 Å². The van der Waals surface area contributed by atoms with Crippen LogP contribution in [0.1, 0.15) is 37.7 Å². The Morgan fingerprint density at radius 3 is 2.29 bits per heavy atom. The van der Waals surface area contributed by atoms with E-state index in [1.165, 1.54) is 12.1 Å². The van der Waals surface area contributed by atoms with E-state index < -0.39 is 18.5 Å². The maximum Gasteiger partial charge on any atom is 0.308 e. The number of esters is 1. The molecule has 3 amide bonds. The first-order valence-electron chi connectivity index (χ1n) is 9.47. The monoisotopic (exact) mass is 390 g/mol. The van der Waals surface area contributed by atoms with Crippen molar-refractivity contribution in [1.29, 1.82) is 0 Å². The second kappa shape index (κ2) is 8.95. The number of rotatable bonds is 7. The van der Waals surface area contributed by atoms with Crippen LogP contribution in [0.3, 0.4) is 0 Å². The number of likely N-dealkylation sites (tertiary alicyclic amines) is 1. The predicted molar refractivity (Wildman–Crippen MR) is 96.0 cm³/mol. The molecule has 1 aromatic carbocycles. The first-order valence-corrected chi connectivity index (χ1v) is 9.47. The lowest BCUT2D eigenvalue weighted by molar-refractivity contribution is -0.150. The minimum absolute atomic E-state index is 0.0132. The summed E-state index contributed by atoms with van der Waals surface area (Å²) in [6.07, 6.45) is 3.21. The van der Waals surface area contributed by atoms with Crippen molar-refractivity contribution >= 4 is 23.7 Å². The fourth-order valence-corrected chi connectivity index (χ4v) is 3.73. The Labute approximate surface area is 162 Å². The number of halogens is 1. The molecule has 2 aliphatic rings. The van der Waals surface area contributed by atoms with Gasteiger partial charge in [0.05, 0.1) is 18.3 Å². The second-order valence-corrected chi connectivity index (χ2v) is 7.14.